The number of ether oxygens (including phenoxy) is 1. The van der Waals surface area contributed by atoms with E-state index in [-0.39, 0.29) is 17.4 Å². The van der Waals surface area contributed by atoms with Crippen molar-refractivity contribution in [1.29, 1.82) is 0 Å². The number of carbonyl (C=O) groups is 1. The van der Waals surface area contributed by atoms with Crippen molar-refractivity contribution in [2.45, 2.75) is 56.0 Å². The van der Waals surface area contributed by atoms with Crippen molar-refractivity contribution in [1.82, 2.24) is 0 Å². The van der Waals surface area contributed by atoms with Crippen LogP contribution in [0.1, 0.15) is 39.0 Å². The van der Waals surface area contributed by atoms with Gasteiger partial charge in [-0.3, -0.25) is 0 Å². The third-order valence-electron chi connectivity index (χ3n) is 5.08. The Labute approximate surface area is 111 Å². The Morgan fingerprint density at radius 1 is 1.16 bits per heavy atom. The number of hydrogen-bond donors (Lipinski definition) is 3. The lowest BCUT2D eigenvalue weighted by atomic mass is 9.49. The number of aliphatic hydroxyl groups is 3. The SMILES string of the molecule is C=C(C)C(=O)OC12CC3CC(CC(O)(C3)C1(O)O)C2. The molecule has 0 aromatic heterocycles. The van der Waals surface area contributed by atoms with Crippen molar-refractivity contribution >= 4 is 5.97 Å². The molecule has 5 nitrogen and oxygen atoms in total. The standard InChI is InChI=1S/C14H20O5/c1-8(2)11(15)19-13-6-9-3-10(7-13)5-12(16,4-9)14(13,17)18/h9-10,16-18H,1,3-7H2,2H3. The second-order valence-electron chi connectivity index (χ2n) is 6.65. The highest BCUT2D eigenvalue weighted by atomic mass is 16.6. The number of rotatable bonds is 2. The van der Waals surface area contributed by atoms with Crippen molar-refractivity contribution in [3.63, 3.8) is 0 Å². The molecule has 2 atom stereocenters. The van der Waals surface area contributed by atoms with Crippen molar-refractivity contribution in [2.75, 3.05) is 0 Å². The van der Waals surface area contributed by atoms with Crippen molar-refractivity contribution in [3.05, 3.63) is 12.2 Å². The van der Waals surface area contributed by atoms with E-state index in [1.54, 1.807) is 0 Å². The molecule has 0 saturated heterocycles. The lowest BCUT2D eigenvalue weighted by Crippen LogP contribution is -2.78. The minimum atomic E-state index is -2.38. The Kier molecular flexibility index (Phi) is 2.48. The molecule has 4 aliphatic rings. The maximum Gasteiger partial charge on any atom is 0.333 e. The summed E-state index contributed by atoms with van der Waals surface area (Å²) in [6, 6.07) is 0. The summed E-state index contributed by atoms with van der Waals surface area (Å²) in [5, 5.41) is 31.4. The van der Waals surface area contributed by atoms with Gasteiger partial charge >= 0.3 is 5.97 Å². The zero-order valence-electron chi connectivity index (χ0n) is 11.1. The first-order valence-electron chi connectivity index (χ1n) is 6.75. The molecule has 19 heavy (non-hydrogen) atoms. The smallest absolute Gasteiger partial charge is 0.333 e. The molecule has 106 valence electrons. The van der Waals surface area contributed by atoms with Crippen LogP contribution in [-0.4, -0.2) is 38.3 Å². The molecule has 4 saturated carbocycles. The third kappa shape index (κ3) is 1.55. The summed E-state index contributed by atoms with van der Waals surface area (Å²) >= 11 is 0. The Balaban J connectivity index is 1.99. The highest BCUT2D eigenvalue weighted by molar-refractivity contribution is 5.87. The molecular weight excluding hydrogens is 248 g/mol. The quantitative estimate of drug-likeness (QED) is 0.385. The van der Waals surface area contributed by atoms with Gasteiger partial charge in [-0.2, -0.15) is 0 Å². The molecule has 4 fully saturated rings. The number of esters is 1. The molecule has 0 radical (unpaired) electrons. The monoisotopic (exact) mass is 268 g/mol. The van der Waals surface area contributed by atoms with Crippen LogP contribution in [-0.2, 0) is 9.53 Å². The molecule has 0 amide bonds. The van der Waals surface area contributed by atoms with Gasteiger partial charge in [-0.05, 0) is 50.9 Å². The second kappa shape index (κ2) is 3.59. The van der Waals surface area contributed by atoms with Gasteiger partial charge in [0.1, 0.15) is 5.60 Å². The second-order valence-corrected chi connectivity index (χ2v) is 6.65. The lowest BCUT2D eigenvalue weighted by Gasteiger charge is -2.64. The fourth-order valence-electron chi connectivity index (χ4n) is 4.42. The van der Waals surface area contributed by atoms with E-state index >= 15 is 0 Å². The van der Waals surface area contributed by atoms with E-state index < -0.39 is 23.0 Å². The molecule has 4 bridgehead atoms. The van der Waals surface area contributed by atoms with E-state index in [0.717, 1.165) is 6.42 Å². The van der Waals surface area contributed by atoms with Gasteiger partial charge in [0.05, 0.1) is 0 Å². The first kappa shape index (κ1) is 13.1. The molecule has 0 aromatic carbocycles. The topological polar surface area (TPSA) is 87.0 Å². The van der Waals surface area contributed by atoms with Crippen LogP contribution in [0.2, 0.25) is 0 Å². The molecular formula is C14H20O5. The molecule has 5 heteroatoms. The maximum atomic E-state index is 11.8. The first-order valence-corrected chi connectivity index (χ1v) is 6.75. The predicted molar refractivity (Wildman–Crippen MR) is 65.8 cm³/mol. The van der Waals surface area contributed by atoms with E-state index in [9.17, 15) is 20.1 Å². The fourth-order valence-corrected chi connectivity index (χ4v) is 4.42. The normalized spacial score (nSPS) is 46.1. The Morgan fingerprint density at radius 3 is 2.16 bits per heavy atom. The average molecular weight is 268 g/mol. The van der Waals surface area contributed by atoms with Gasteiger partial charge in [0.25, 0.3) is 0 Å². The largest absolute Gasteiger partial charge is 0.450 e. The van der Waals surface area contributed by atoms with Crippen molar-refractivity contribution in [3.8, 4) is 0 Å². The average Bonchev–Trinajstić information content (AvgIpc) is 2.24. The molecule has 2 unspecified atom stereocenters. The van der Waals surface area contributed by atoms with E-state index in [2.05, 4.69) is 6.58 Å². The summed E-state index contributed by atoms with van der Waals surface area (Å²) in [5.41, 5.74) is -2.73. The molecule has 0 heterocycles. The minimum absolute atomic E-state index is 0.183. The number of hydrogen-bond acceptors (Lipinski definition) is 5. The Morgan fingerprint density at radius 2 is 1.68 bits per heavy atom. The zero-order valence-corrected chi connectivity index (χ0v) is 11.1. The van der Waals surface area contributed by atoms with E-state index in [0.29, 0.717) is 25.7 Å². The summed E-state index contributed by atoms with van der Waals surface area (Å²) < 4.78 is 5.39. The van der Waals surface area contributed by atoms with Crippen LogP contribution in [0.4, 0.5) is 0 Å². The van der Waals surface area contributed by atoms with Crippen LogP contribution in [0, 0.1) is 11.8 Å². The van der Waals surface area contributed by atoms with Crippen LogP contribution in [0.15, 0.2) is 12.2 Å². The van der Waals surface area contributed by atoms with Gasteiger partial charge in [-0.25, -0.2) is 4.79 Å². The summed E-state index contributed by atoms with van der Waals surface area (Å²) in [7, 11) is 0. The van der Waals surface area contributed by atoms with E-state index in [1.807, 2.05) is 0 Å². The third-order valence-corrected chi connectivity index (χ3v) is 5.08. The first-order chi connectivity index (χ1) is 8.69. The van der Waals surface area contributed by atoms with Gasteiger partial charge < -0.3 is 20.1 Å². The van der Waals surface area contributed by atoms with Crippen LogP contribution < -0.4 is 0 Å². The molecule has 3 N–H and O–H groups in total. The molecule has 0 aromatic rings. The van der Waals surface area contributed by atoms with Crippen LogP contribution in [0.3, 0.4) is 0 Å². The van der Waals surface area contributed by atoms with Crippen molar-refractivity contribution in [2.24, 2.45) is 11.8 Å². The Hall–Kier alpha value is -0.910. The fraction of sp³-hybridized carbons (Fsp3) is 0.786. The maximum absolute atomic E-state index is 11.8. The van der Waals surface area contributed by atoms with Gasteiger partial charge in [-0.15, -0.1) is 0 Å². The molecule has 4 rings (SSSR count). The Bertz CT molecular complexity index is 439. The van der Waals surface area contributed by atoms with Crippen LogP contribution in [0.25, 0.3) is 0 Å². The lowest BCUT2D eigenvalue weighted by molar-refractivity contribution is -0.407. The van der Waals surface area contributed by atoms with E-state index in [1.165, 1.54) is 6.92 Å². The van der Waals surface area contributed by atoms with Gasteiger partial charge in [0.2, 0.25) is 5.79 Å². The van der Waals surface area contributed by atoms with Crippen LogP contribution >= 0.6 is 0 Å². The molecule has 0 spiro atoms. The number of carbonyl (C=O) groups excluding carboxylic acids is 1. The zero-order chi connectivity index (χ0) is 14.1. The molecule has 4 aliphatic carbocycles. The molecule has 0 aliphatic heterocycles. The van der Waals surface area contributed by atoms with Gasteiger partial charge in [0.15, 0.2) is 5.60 Å². The van der Waals surface area contributed by atoms with Crippen molar-refractivity contribution < 1.29 is 24.9 Å². The summed E-state index contributed by atoms with van der Waals surface area (Å²) in [4.78, 5) is 11.8. The predicted octanol–water partition coefficient (Wildman–Crippen LogP) is 0.480. The van der Waals surface area contributed by atoms with Crippen LogP contribution in [0.5, 0.6) is 0 Å². The summed E-state index contributed by atoms with van der Waals surface area (Å²) in [5.74, 6) is -2.64. The summed E-state index contributed by atoms with van der Waals surface area (Å²) in [6.45, 7) is 5.04. The van der Waals surface area contributed by atoms with E-state index in [4.69, 9.17) is 4.74 Å². The minimum Gasteiger partial charge on any atom is -0.450 e. The van der Waals surface area contributed by atoms with Gasteiger partial charge in [-0.1, -0.05) is 6.58 Å². The van der Waals surface area contributed by atoms with Gasteiger partial charge in [0, 0.05) is 5.57 Å². The highest BCUT2D eigenvalue weighted by Gasteiger charge is 2.73. The summed E-state index contributed by atoms with van der Waals surface area (Å²) in [6.07, 6.45) is 2.49. The highest BCUT2D eigenvalue weighted by Crippen LogP contribution is 2.62.